The van der Waals surface area contributed by atoms with Crippen molar-refractivity contribution in [2.75, 3.05) is 64.1 Å². The summed E-state index contributed by atoms with van der Waals surface area (Å²) in [6, 6.07) is 14.0. The topological polar surface area (TPSA) is 94.3 Å². The predicted octanol–water partition coefficient (Wildman–Crippen LogP) is 4.87. The Bertz CT molecular complexity index is 1710. The lowest BCUT2D eigenvalue weighted by atomic mass is 10.0. The molecule has 244 valence electrons. The normalized spacial score (nSPS) is 20.5. The lowest BCUT2D eigenvalue weighted by molar-refractivity contribution is -0.0117. The number of aliphatic hydroxyl groups is 1. The summed E-state index contributed by atoms with van der Waals surface area (Å²) in [5.41, 5.74) is 3.97. The van der Waals surface area contributed by atoms with Crippen LogP contribution in [-0.4, -0.2) is 104 Å². The lowest BCUT2D eigenvalue weighted by Gasteiger charge is -2.44. The molecule has 12 heteroatoms. The van der Waals surface area contributed by atoms with E-state index in [4.69, 9.17) is 24.0 Å². The van der Waals surface area contributed by atoms with Gasteiger partial charge in [0.2, 0.25) is 0 Å². The number of hydrogen-bond donors (Lipinski definition) is 1. The standard InChI is InChI=1S/C34H42FN5O5Si/c1-46(2,3)14-13-43-22-40-30-17-36-28-16-26(30)34(37-40)23-7-8-29(39-10-9-38-11-12-42-19-24(38)18-39)32(15-23)45-21-25(41)20-44-31-6-4-5-27(35)33(28)31/h4-8,15-17,24-25,41H,9-14,18-22H2,1-3H3/t24-,25-/m1/s1. The van der Waals surface area contributed by atoms with Gasteiger partial charge in [0.1, 0.15) is 49.1 Å². The highest BCUT2D eigenvalue weighted by atomic mass is 28.3. The zero-order chi connectivity index (χ0) is 31.8. The second-order valence-electron chi connectivity index (χ2n) is 13.6. The van der Waals surface area contributed by atoms with Crippen molar-refractivity contribution in [2.24, 2.45) is 0 Å². The molecular formula is C34H42FN5O5Si. The number of rotatable bonds is 6. The Balaban J connectivity index is 1.31. The van der Waals surface area contributed by atoms with Crippen molar-refractivity contribution in [3.63, 3.8) is 0 Å². The molecule has 2 fully saturated rings. The van der Waals surface area contributed by atoms with Crippen LogP contribution in [0.5, 0.6) is 11.5 Å². The number of aliphatic hydroxyl groups excluding tert-OH is 1. The molecule has 0 spiro atoms. The molecule has 46 heavy (non-hydrogen) atoms. The highest BCUT2D eigenvalue weighted by Crippen LogP contribution is 2.39. The van der Waals surface area contributed by atoms with E-state index in [2.05, 4.69) is 46.6 Å². The van der Waals surface area contributed by atoms with Crippen LogP contribution < -0.4 is 14.4 Å². The van der Waals surface area contributed by atoms with Crippen LogP contribution in [0.15, 0.2) is 48.7 Å². The minimum absolute atomic E-state index is 0.00589. The molecule has 2 aromatic heterocycles. The average molecular weight is 648 g/mol. The van der Waals surface area contributed by atoms with Gasteiger partial charge in [0, 0.05) is 51.8 Å². The van der Waals surface area contributed by atoms with Gasteiger partial charge in [-0.2, -0.15) is 5.10 Å². The number of halogens is 1. The largest absolute Gasteiger partial charge is 0.490 e. The van der Waals surface area contributed by atoms with E-state index < -0.39 is 20.0 Å². The Hall–Kier alpha value is -3.55. The summed E-state index contributed by atoms with van der Waals surface area (Å²) in [6.07, 6.45) is 0.773. The van der Waals surface area contributed by atoms with Gasteiger partial charge in [-0.05, 0) is 36.4 Å². The highest BCUT2D eigenvalue weighted by Gasteiger charge is 2.31. The van der Waals surface area contributed by atoms with Crippen molar-refractivity contribution in [3.8, 4) is 34.0 Å². The van der Waals surface area contributed by atoms with Gasteiger partial charge < -0.3 is 29.0 Å². The van der Waals surface area contributed by atoms with Crippen molar-refractivity contribution in [2.45, 2.75) is 44.6 Å². The number of morpholine rings is 1. The summed E-state index contributed by atoms with van der Waals surface area (Å²) in [5, 5.41) is 16.7. The number of hydrogen-bond acceptors (Lipinski definition) is 9. The number of piperazine rings is 1. The fourth-order valence-electron chi connectivity index (χ4n) is 6.35. The van der Waals surface area contributed by atoms with E-state index in [1.54, 1.807) is 18.3 Å². The molecule has 3 aliphatic heterocycles. The number of pyridine rings is 1. The number of anilines is 1. The van der Waals surface area contributed by atoms with E-state index >= 15 is 4.39 Å². The summed E-state index contributed by atoms with van der Waals surface area (Å²) in [6.45, 7) is 12.9. The number of ether oxygens (including phenoxy) is 4. The quantitative estimate of drug-likeness (QED) is 0.233. The van der Waals surface area contributed by atoms with Crippen LogP contribution in [0.1, 0.15) is 0 Å². The maximum atomic E-state index is 15.3. The minimum atomic E-state index is -1.26. The Morgan fingerprint density at radius 2 is 1.87 bits per heavy atom. The van der Waals surface area contributed by atoms with E-state index in [1.807, 2.05) is 16.8 Å². The molecule has 2 aromatic carbocycles. The Kier molecular flexibility index (Phi) is 8.72. The van der Waals surface area contributed by atoms with Gasteiger partial charge in [0.25, 0.3) is 0 Å². The first-order valence-corrected chi connectivity index (χ1v) is 19.8. The Morgan fingerprint density at radius 3 is 2.72 bits per heavy atom. The molecule has 0 saturated carbocycles. The third-order valence-electron chi connectivity index (χ3n) is 8.95. The Labute approximate surface area is 269 Å². The molecule has 10 nitrogen and oxygen atoms in total. The zero-order valence-corrected chi connectivity index (χ0v) is 27.7. The van der Waals surface area contributed by atoms with Gasteiger partial charge in [-0.1, -0.05) is 31.8 Å². The van der Waals surface area contributed by atoms with Gasteiger partial charge in [0.05, 0.1) is 47.9 Å². The van der Waals surface area contributed by atoms with E-state index in [0.29, 0.717) is 42.1 Å². The lowest BCUT2D eigenvalue weighted by Crippen LogP contribution is -2.58. The van der Waals surface area contributed by atoms with Gasteiger partial charge >= 0.3 is 0 Å². The maximum Gasteiger partial charge on any atom is 0.143 e. The first-order valence-electron chi connectivity index (χ1n) is 16.1. The molecule has 4 bridgehead atoms. The van der Waals surface area contributed by atoms with E-state index in [9.17, 15) is 5.11 Å². The number of fused-ring (bicyclic) bond motifs is 7. The van der Waals surface area contributed by atoms with E-state index in [1.165, 1.54) is 6.07 Å². The average Bonchev–Trinajstić information content (AvgIpc) is 3.41. The molecule has 1 N–H and O–H groups in total. The van der Waals surface area contributed by atoms with Crippen LogP contribution in [0, 0.1) is 5.82 Å². The molecule has 2 atom stereocenters. The molecule has 0 radical (unpaired) electrons. The van der Waals surface area contributed by atoms with Crippen LogP contribution in [0.3, 0.4) is 0 Å². The summed E-state index contributed by atoms with van der Waals surface area (Å²) in [7, 11) is -1.26. The van der Waals surface area contributed by atoms with Crippen molar-refractivity contribution in [3.05, 3.63) is 54.5 Å². The van der Waals surface area contributed by atoms with Crippen molar-refractivity contribution in [1.82, 2.24) is 19.7 Å². The third-order valence-corrected chi connectivity index (χ3v) is 10.7. The van der Waals surface area contributed by atoms with Gasteiger partial charge in [-0.25, -0.2) is 9.07 Å². The first kappa shape index (κ1) is 31.1. The van der Waals surface area contributed by atoms with Crippen LogP contribution in [0.2, 0.25) is 25.7 Å². The van der Waals surface area contributed by atoms with Crippen molar-refractivity contribution < 1.29 is 28.4 Å². The molecule has 0 unspecified atom stereocenters. The highest BCUT2D eigenvalue weighted by molar-refractivity contribution is 6.76. The van der Waals surface area contributed by atoms with E-state index in [-0.39, 0.29) is 25.5 Å². The van der Waals surface area contributed by atoms with E-state index in [0.717, 1.165) is 61.0 Å². The predicted molar refractivity (Wildman–Crippen MR) is 178 cm³/mol. The zero-order valence-electron chi connectivity index (χ0n) is 26.7. The minimum Gasteiger partial charge on any atom is -0.490 e. The van der Waals surface area contributed by atoms with Gasteiger partial charge in [-0.15, -0.1) is 0 Å². The summed E-state index contributed by atoms with van der Waals surface area (Å²) < 4.78 is 41.4. The fourth-order valence-corrected chi connectivity index (χ4v) is 7.10. The first-order chi connectivity index (χ1) is 22.2. The SMILES string of the molecule is C[Si](C)(C)CCOCn1nc2c3cc(ncc31)-c1c(F)cccc1OC[C@@H](O)COc1cc-2ccc1N1CCN2CCOC[C@H]2C1. The fraction of sp³-hybridized carbons (Fsp3) is 0.471. The second kappa shape index (κ2) is 12.9. The van der Waals surface area contributed by atoms with Crippen LogP contribution in [-0.2, 0) is 16.2 Å². The monoisotopic (exact) mass is 647 g/mol. The summed E-state index contributed by atoms with van der Waals surface area (Å²) in [5.74, 6) is 0.507. The van der Waals surface area contributed by atoms with Crippen LogP contribution in [0.4, 0.5) is 10.1 Å². The molecule has 7 rings (SSSR count). The maximum absolute atomic E-state index is 15.3. The second-order valence-corrected chi connectivity index (χ2v) is 19.2. The molecule has 0 aliphatic carbocycles. The molecule has 4 aromatic rings. The van der Waals surface area contributed by atoms with Gasteiger partial charge in [-0.3, -0.25) is 9.88 Å². The van der Waals surface area contributed by atoms with Gasteiger partial charge in [0.15, 0.2) is 0 Å². The van der Waals surface area contributed by atoms with Crippen LogP contribution >= 0.6 is 0 Å². The smallest absolute Gasteiger partial charge is 0.143 e. The number of aromatic nitrogens is 3. The van der Waals surface area contributed by atoms with Crippen LogP contribution in [0.25, 0.3) is 33.4 Å². The number of benzene rings is 2. The molecule has 3 aliphatic rings. The molecule has 2 saturated heterocycles. The number of nitrogens with zero attached hydrogens (tertiary/aromatic N) is 5. The third kappa shape index (κ3) is 6.49. The Morgan fingerprint density at radius 1 is 1.02 bits per heavy atom. The van der Waals surface area contributed by atoms with Crippen molar-refractivity contribution in [1.29, 1.82) is 0 Å². The molecular weight excluding hydrogens is 605 g/mol. The van der Waals surface area contributed by atoms with Crippen molar-refractivity contribution >= 4 is 24.7 Å². The molecule has 0 amide bonds. The molecule has 5 heterocycles. The summed E-state index contributed by atoms with van der Waals surface area (Å²) >= 11 is 0. The summed E-state index contributed by atoms with van der Waals surface area (Å²) in [4.78, 5) is 9.49.